The number of aromatic amines is 1. The molecule has 0 saturated carbocycles. The molecule has 4 rings (SSSR count). The Balaban J connectivity index is 1.90. The van der Waals surface area contributed by atoms with E-state index >= 15 is 0 Å². The number of aromatic nitrogens is 3. The minimum Gasteiger partial charge on any atom is -0.493 e. The van der Waals surface area contributed by atoms with Gasteiger partial charge >= 0.3 is 0 Å². The summed E-state index contributed by atoms with van der Waals surface area (Å²) in [5, 5.41) is 11.7. The predicted molar refractivity (Wildman–Crippen MR) is 135 cm³/mol. The lowest BCUT2D eigenvalue weighted by atomic mass is 10.1. The number of nitrogens with one attached hydrogen (secondary N) is 2. The second-order valence-electron chi connectivity index (χ2n) is 7.20. The minimum absolute atomic E-state index is 0.0441. The zero-order valence-electron chi connectivity index (χ0n) is 19.2. The molecule has 0 amide bonds. The molecule has 1 heterocycles. The lowest BCUT2D eigenvalue weighted by Gasteiger charge is -2.15. The number of H-pyrrole nitrogens is 1. The van der Waals surface area contributed by atoms with Gasteiger partial charge in [-0.2, -0.15) is 10.2 Å². The van der Waals surface area contributed by atoms with Crippen molar-refractivity contribution in [2.45, 2.75) is 0 Å². The molecule has 1 aromatic heterocycles. The maximum atomic E-state index is 12.9. The van der Waals surface area contributed by atoms with Crippen LogP contribution in [0.5, 0.6) is 17.2 Å². The maximum Gasteiger partial charge on any atom is 0.292 e. The van der Waals surface area contributed by atoms with E-state index in [1.165, 1.54) is 21.3 Å². The average Bonchev–Trinajstić information content (AvgIpc) is 2.90. The van der Waals surface area contributed by atoms with Gasteiger partial charge in [-0.15, -0.1) is 0 Å². The molecule has 178 valence electrons. The molecule has 35 heavy (non-hydrogen) atoms. The Kier molecular flexibility index (Phi) is 7.27. The molecule has 0 saturated heterocycles. The van der Waals surface area contributed by atoms with Crippen molar-refractivity contribution < 1.29 is 14.2 Å². The van der Waals surface area contributed by atoms with Crippen LogP contribution < -0.4 is 25.2 Å². The summed E-state index contributed by atoms with van der Waals surface area (Å²) in [6.07, 6.45) is 0. The van der Waals surface area contributed by atoms with Crippen molar-refractivity contribution in [1.29, 1.82) is 0 Å². The van der Waals surface area contributed by atoms with Crippen molar-refractivity contribution in [3.05, 3.63) is 93.4 Å². The standard InChI is InChI=1S/C25H22ClN5O4/c1-33-19-13-16(14-20(34-2)23(19)35-3)21(29-28-18-7-5-4-6-8-18)22-25(32)31-30-24(27-22)15-9-11-17(26)12-10-15/h4-14,28H,1-3H3,(H,31,32)/b29-21+. The van der Waals surface area contributed by atoms with E-state index in [1.54, 1.807) is 36.4 Å². The highest BCUT2D eigenvalue weighted by molar-refractivity contribution is 6.30. The summed E-state index contributed by atoms with van der Waals surface area (Å²) in [6.45, 7) is 0. The van der Waals surface area contributed by atoms with Gasteiger partial charge in [0.2, 0.25) is 5.75 Å². The first kappa shape index (κ1) is 23.8. The van der Waals surface area contributed by atoms with Crippen LogP contribution in [-0.2, 0) is 0 Å². The number of halogens is 1. The Morgan fingerprint density at radius 2 is 1.60 bits per heavy atom. The van der Waals surface area contributed by atoms with Gasteiger partial charge in [-0.3, -0.25) is 10.2 Å². The van der Waals surface area contributed by atoms with Crippen LogP contribution in [0, 0.1) is 0 Å². The van der Waals surface area contributed by atoms with Crippen molar-refractivity contribution in [1.82, 2.24) is 15.2 Å². The van der Waals surface area contributed by atoms with E-state index in [0.717, 1.165) is 5.69 Å². The largest absolute Gasteiger partial charge is 0.493 e. The summed E-state index contributed by atoms with van der Waals surface area (Å²) in [4.78, 5) is 17.5. The number of benzene rings is 3. The number of anilines is 1. The number of methoxy groups -OCH3 is 3. The molecule has 10 heteroatoms. The van der Waals surface area contributed by atoms with E-state index < -0.39 is 5.56 Å². The summed E-state index contributed by atoms with van der Waals surface area (Å²) < 4.78 is 16.4. The topological polar surface area (TPSA) is 111 Å². The van der Waals surface area contributed by atoms with E-state index in [4.69, 9.17) is 25.8 Å². The number of ether oxygens (including phenoxy) is 3. The number of hydrazone groups is 1. The fourth-order valence-corrected chi connectivity index (χ4v) is 3.46. The fourth-order valence-electron chi connectivity index (χ4n) is 3.33. The normalized spacial score (nSPS) is 11.1. The van der Waals surface area contributed by atoms with Crippen molar-refractivity contribution in [2.75, 3.05) is 26.8 Å². The van der Waals surface area contributed by atoms with Crippen LogP contribution in [-0.4, -0.2) is 42.2 Å². The molecule has 4 aromatic rings. The Hall–Kier alpha value is -4.37. The van der Waals surface area contributed by atoms with E-state index in [1.807, 2.05) is 30.3 Å². The van der Waals surface area contributed by atoms with Gasteiger partial charge < -0.3 is 14.2 Å². The van der Waals surface area contributed by atoms with Gasteiger partial charge in [-0.05, 0) is 48.5 Å². The smallest absolute Gasteiger partial charge is 0.292 e. The zero-order valence-corrected chi connectivity index (χ0v) is 20.0. The summed E-state index contributed by atoms with van der Waals surface area (Å²) in [5.41, 5.74) is 4.65. The number of rotatable bonds is 8. The molecule has 2 N–H and O–H groups in total. The molecule has 0 aliphatic heterocycles. The third-order valence-corrected chi connectivity index (χ3v) is 5.28. The van der Waals surface area contributed by atoms with Crippen LogP contribution >= 0.6 is 11.6 Å². The van der Waals surface area contributed by atoms with Crippen LogP contribution in [0.15, 0.2) is 76.6 Å². The predicted octanol–water partition coefficient (Wildman–Crippen LogP) is 4.38. The van der Waals surface area contributed by atoms with Gasteiger partial charge in [-0.1, -0.05) is 29.8 Å². The van der Waals surface area contributed by atoms with E-state index in [-0.39, 0.29) is 11.4 Å². The second kappa shape index (κ2) is 10.7. The van der Waals surface area contributed by atoms with Crippen LogP contribution in [0.1, 0.15) is 11.3 Å². The summed E-state index contributed by atoms with van der Waals surface area (Å²) in [6, 6.07) is 19.7. The van der Waals surface area contributed by atoms with Crippen LogP contribution in [0.4, 0.5) is 5.69 Å². The monoisotopic (exact) mass is 491 g/mol. The average molecular weight is 492 g/mol. The van der Waals surface area contributed by atoms with Gasteiger partial charge in [0.05, 0.1) is 27.0 Å². The Morgan fingerprint density at radius 1 is 0.943 bits per heavy atom. The first-order valence-corrected chi connectivity index (χ1v) is 10.8. The molecule has 3 aromatic carbocycles. The third kappa shape index (κ3) is 5.25. The Bertz CT molecular complexity index is 1380. The molecule has 0 radical (unpaired) electrons. The Labute approximate surface area is 206 Å². The fraction of sp³-hybridized carbons (Fsp3) is 0.120. The molecule has 0 spiro atoms. The lowest BCUT2D eigenvalue weighted by molar-refractivity contribution is 0.324. The van der Waals surface area contributed by atoms with Gasteiger partial charge in [0.25, 0.3) is 5.56 Å². The summed E-state index contributed by atoms with van der Waals surface area (Å²) in [5.74, 6) is 1.51. The molecule has 0 fully saturated rings. The first-order chi connectivity index (χ1) is 17.0. The highest BCUT2D eigenvalue weighted by Crippen LogP contribution is 2.38. The van der Waals surface area contributed by atoms with Crippen LogP contribution in [0.3, 0.4) is 0 Å². The van der Waals surface area contributed by atoms with Crippen molar-refractivity contribution >= 4 is 23.0 Å². The van der Waals surface area contributed by atoms with Crippen LogP contribution in [0.2, 0.25) is 5.02 Å². The Morgan fingerprint density at radius 3 is 2.20 bits per heavy atom. The number of hydrogen-bond donors (Lipinski definition) is 2. The van der Waals surface area contributed by atoms with Crippen molar-refractivity contribution in [2.24, 2.45) is 5.10 Å². The molecule has 0 bridgehead atoms. The minimum atomic E-state index is -0.523. The van der Waals surface area contributed by atoms with E-state index in [0.29, 0.717) is 39.2 Å². The number of hydrogen-bond acceptors (Lipinski definition) is 8. The quantitative estimate of drug-likeness (QED) is 0.278. The maximum absolute atomic E-state index is 12.9. The summed E-state index contributed by atoms with van der Waals surface area (Å²) >= 11 is 6.01. The second-order valence-corrected chi connectivity index (χ2v) is 7.63. The molecule has 0 unspecified atom stereocenters. The summed E-state index contributed by atoms with van der Waals surface area (Å²) in [7, 11) is 4.53. The van der Waals surface area contributed by atoms with Gasteiger partial charge in [-0.25, -0.2) is 10.1 Å². The SMILES string of the molecule is COc1cc(/C(=N\Nc2ccccc2)c2nc(-c3ccc(Cl)cc3)n[nH]c2=O)cc(OC)c1OC. The zero-order chi connectivity index (χ0) is 24.8. The molecular formula is C25H22ClN5O4. The molecule has 9 nitrogen and oxygen atoms in total. The molecule has 0 atom stereocenters. The molecular weight excluding hydrogens is 470 g/mol. The number of para-hydroxylation sites is 1. The van der Waals surface area contributed by atoms with Gasteiger partial charge in [0, 0.05) is 16.1 Å². The highest BCUT2D eigenvalue weighted by Gasteiger charge is 2.21. The van der Waals surface area contributed by atoms with Gasteiger partial charge in [0.1, 0.15) is 5.71 Å². The van der Waals surface area contributed by atoms with E-state index in [2.05, 4.69) is 25.7 Å². The molecule has 0 aliphatic rings. The van der Waals surface area contributed by atoms with Crippen LogP contribution in [0.25, 0.3) is 11.4 Å². The highest BCUT2D eigenvalue weighted by atomic mass is 35.5. The van der Waals surface area contributed by atoms with Crippen molar-refractivity contribution in [3.63, 3.8) is 0 Å². The first-order valence-electron chi connectivity index (χ1n) is 10.5. The van der Waals surface area contributed by atoms with Gasteiger partial charge in [0.15, 0.2) is 23.0 Å². The lowest BCUT2D eigenvalue weighted by Crippen LogP contribution is -2.24. The number of nitrogens with zero attached hydrogens (tertiary/aromatic N) is 3. The molecule has 0 aliphatic carbocycles. The van der Waals surface area contributed by atoms with Crippen molar-refractivity contribution in [3.8, 4) is 28.6 Å². The third-order valence-electron chi connectivity index (χ3n) is 5.03. The van der Waals surface area contributed by atoms with E-state index in [9.17, 15) is 4.79 Å².